The maximum absolute atomic E-state index is 8.88. The maximum Gasteiger partial charge on any atom is 0.0587 e. The third-order valence-corrected chi connectivity index (χ3v) is 2.94. The fourth-order valence-corrected chi connectivity index (χ4v) is 2.14. The van der Waals surface area contributed by atoms with E-state index in [9.17, 15) is 0 Å². The van der Waals surface area contributed by atoms with Crippen LogP contribution in [0.3, 0.4) is 0 Å². The van der Waals surface area contributed by atoms with Gasteiger partial charge in [-0.25, -0.2) is 0 Å². The molecule has 0 aliphatic carbocycles. The van der Waals surface area contributed by atoms with E-state index in [4.69, 9.17) is 9.84 Å². The molecule has 15 heavy (non-hydrogen) atoms. The summed E-state index contributed by atoms with van der Waals surface area (Å²) < 4.78 is 4.98. The SMILES string of the molecule is COCCNCC1CCCN(CCO)C1. The van der Waals surface area contributed by atoms with E-state index in [1.54, 1.807) is 7.11 Å². The average molecular weight is 216 g/mol. The van der Waals surface area contributed by atoms with Gasteiger partial charge >= 0.3 is 0 Å². The summed E-state index contributed by atoms with van der Waals surface area (Å²) >= 11 is 0. The summed E-state index contributed by atoms with van der Waals surface area (Å²) in [5.41, 5.74) is 0. The number of β-amino-alcohol motifs (C(OH)–C–C–N with tert-alkyl or cyclic N) is 1. The van der Waals surface area contributed by atoms with E-state index in [0.29, 0.717) is 0 Å². The molecule has 0 saturated carbocycles. The summed E-state index contributed by atoms with van der Waals surface area (Å²) in [6.07, 6.45) is 2.57. The van der Waals surface area contributed by atoms with Crippen molar-refractivity contribution in [3.63, 3.8) is 0 Å². The van der Waals surface area contributed by atoms with E-state index >= 15 is 0 Å². The van der Waals surface area contributed by atoms with Gasteiger partial charge in [0.2, 0.25) is 0 Å². The van der Waals surface area contributed by atoms with E-state index in [1.807, 2.05) is 0 Å². The van der Waals surface area contributed by atoms with E-state index in [-0.39, 0.29) is 6.61 Å². The first-order valence-electron chi connectivity index (χ1n) is 5.89. The Bertz CT molecular complexity index is 154. The molecule has 1 saturated heterocycles. The van der Waals surface area contributed by atoms with Crippen molar-refractivity contribution in [1.29, 1.82) is 0 Å². The molecule has 4 heteroatoms. The molecule has 0 aromatic rings. The topological polar surface area (TPSA) is 44.7 Å². The van der Waals surface area contributed by atoms with Crippen molar-refractivity contribution in [3.8, 4) is 0 Å². The van der Waals surface area contributed by atoms with Crippen molar-refractivity contribution in [2.24, 2.45) is 5.92 Å². The average Bonchev–Trinajstić information content (AvgIpc) is 2.26. The first kappa shape index (κ1) is 12.9. The molecule has 1 atom stereocenters. The van der Waals surface area contributed by atoms with Crippen LogP contribution in [0.15, 0.2) is 0 Å². The van der Waals surface area contributed by atoms with Gasteiger partial charge in [-0.15, -0.1) is 0 Å². The van der Waals surface area contributed by atoms with E-state index in [2.05, 4.69) is 10.2 Å². The van der Waals surface area contributed by atoms with Crippen molar-refractivity contribution in [2.45, 2.75) is 12.8 Å². The molecule has 0 spiro atoms. The molecule has 90 valence electrons. The number of methoxy groups -OCH3 is 1. The minimum absolute atomic E-state index is 0.282. The maximum atomic E-state index is 8.88. The van der Waals surface area contributed by atoms with Crippen LogP contribution in [0, 0.1) is 5.92 Å². The van der Waals surface area contributed by atoms with Crippen molar-refractivity contribution in [2.75, 3.05) is 53.0 Å². The first-order valence-corrected chi connectivity index (χ1v) is 5.89. The third-order valence-electron chi connectivity index (χ3n) is 2.94. The molecule has 1 aliphatic rings. The molecular formula is C11H24N2O2. The van der Waals surface area contributed by atoms with Gasteiger partial charge in [-0.3, -0.25) is 0 Å². The smallest absolute Gasteiger partial charge is 0.0587 e. The second kappa shape index (κ2) is 8.05. The molecule has 4 nitrogen and oxygen atoms in total. The van der Waals surface area contributed by atoms with Gasteiger partial charge in [0.25, 0.3) is 0 Å². The molecule has 1 rings (SSSR count). The highest BCUT2D eigenvalue weighted by molar-refractivity contribution is 4.74. The summed E-state index contributed by atoms with van der Waals surface area (Å²) in [4.78, 5) is 2.35. The number of aliphatic hydroxyl groups is 1. The molecular weight excluding hydrogens is 192 g/mol. The summed E-state index contributed by atoms with van der Waals surface area (Å²) in [5.74, 6) is 0.738. The Labute approximate surface area is 92.6 Å². The van der Waals surface area contributed by atoms with Crippen molar-refractivity contribution in [3.05, 3.63) is 0 Å². The second-order valence-corrected chi connectivity index (χ2v) is 4.23. The fourth-order valence-electron chi connectivity index (χ4n) is 2.14. The molecule has 0 aromatic heterocycles. The van der Waals surface area contributed by atoms with Gasteiger partial charge < -0.3 is 20.1 Å². The molecule has 1 fully saturated rings. The van der Waals surface area contributed by atoms with Crippen LogP contribution in [0.2, 0.25) is 0 Å². The molecule has 1 unspecified atom stereocenters. The highest BCUT2D eigenvalue weighted by Crippen LogP contribution is 2.14. The van der Waals surface area contributed by atoms with Gasteiger partial charge in [-0.1, -0.05) is 0 Å². The van der Waals surface area contributed by atoms with Gasteiger partial charge in [-0.2, -0.15) is 0 Å². The number of likely N-dealkylation sites (tertiary alicyclic amines) is 1. The van der Waals surface area contributed by atoms with Crippen LogP contribution in [-0.2, 0) is 4.74 Å². The van der Waals surface area contributed by atoms with Crippen LogP contribution in [0.25, 0.3) is 0 Å². The lowest BCUT2D eigenvalue weighted by molar-refractivity contribution is 0.136. The largest absolute Gasteiger partial charge is 0.395 e. The van der Waals surface area contributed by atoms with E-state index in [0.717, 1.165) is 45.2 Å². The Morgan fingerprint density at radius 1 is 1.53 bits per heavy atom. The third kappa shape index (κ3) is 5.47. The minimum Gasteiger partial charge on any atom is -0.395 e. The number of piperidine rings is 1. The first-order chi connectivity index (χ1) is 7.36. The molecule has 0 amide bonds. The lowest BCUT2D eigenvalue weighted by Crippen LogP contribution is -2.41. The number of hydrogen-bond donors (Lipinski definition) is 2. The lowest BCUT2D eigenvalue weighted by atomic mass is 9.98. The number of nitrogens with one attached hydrogen (secondary N) is 1. The highest BCUT2D eigenvalue weighted by Gasteiger charge is 2.18. The number of ether oxygens (including phenoxy) is 1. The summed E-state index contributed by atoms with van der Waals surface area (Å²) in [6.45, 7) is 6.18. The van der Waals surface area contributed by atoms with E-state index < -0.39 is 0 Å². The van der Waals surface area contributed by atoms with Crippen molar-refractivity contribution in [1.82, 2.24) is 10.2 Å². The van der Waals surface area contributed by atoms with E-state index in [1.165, 1.54) is 12.8 Å². The van der Waals surface area contributed by atoms with Gasteiger partial charge in [0.15, 0.2) is 0 Å². The summed E-state index contributed by atoms with van der Waals surface area (Å²) in [6, 6.07) is 0. The standard InChI is InChI=1S/C11H24N2O2/c1-15-8-4-12-9-11-3-2-5-13(10-11)6-7-14/h11-12,14H,2-10H2,1H3. The molecule has 2 N–H and O–H groups in total. The molecule has 0 bridgehead atoms. The molecule has 0 aromatic carbocycles. The van der Waals surface area contributed by atoms with Gasteiger partial charge in [0.05, 0.1) is 13.2 Å². The van der Waals surface area contributed by atoms with Crippen molar-refractivity contribution < 1.29 is 9.84 Å². The Morgan fingerprint density at radius 2 is 2.40 bits per heavy atom. The number of aliphatic hydroxyl groups excluding tert-OH is 1. The Balaban J connectivity index is 2.07. The predicted octanol–water partition coefficient (Wildman–Crippen LogP) is -0.0733. The quantitative estimate of drug-likeness (QED) is 0.585. The van der Waals surface area contributed by atoms with Crippen LogP contribution in [0.1, 0.15) is 12.8 Å². The van der Waals surface area contributed by atoms with Crippen LogP contribution in [0.5, 0.6) is 0 Å². The van der Waals surface area contributed by atoms with Gasteiger partial charge in [0.1, 0.15) is 0 Å². The predicted molar refractivity (Wildman–Crippen MR) is 61.0 cm³/mol. The monoisotopic (exact) mass is 216 g/mol. The number of nitrogens with zero attached hydrogens (tertiary/aromatic N) is 1. The Morgan fingerprint density at radius 3 is 3.13 bits per heavy atom. The zero-order chi connectivity index (χ0) is 10.9. The van der Waals surface area contributed by atoms with Crippen LogP contribution < -0.4 is 5.32 Å². The fraction of sp³-hybridized carbons (Fsp3) is 1.00. The van der Waals surface area contributed by atoms with Gasteiger partial charge in [-0.05, 0) is 31.8 Å². The van der Waals surface area contributed by atoms with Gasteiger partial charge in [0, 0.05) is 26.7 Å². The zero-order valence-electron chi connectivity index (χ0n) is 9.74. The number of hydrogen-bond acceptors (Lipinski definition) is 4. The summed E-state index contributed by atoms with van der Waals surface area (Å²) in [5, 5.41) is 12.3. The minimum atomic E-state index is 0.282. The van der Waals surface area contributed by atoms with Crippen LogP contribution in [0.4, 0.5) is 0 Å². The lowest BCUT2D eigenvalue weighted by Gasteiger charge is -2.32. The Hall–Kier alpha value is -0.160. The molecule has 1 aliphatic heterocycles. The summed E-state index contributed by atoms with van der Waals surface area (Å²) in [7, 11) is 1.73. The highest BCUT2D eigenvalue weighted by atomic mass is 16.5. The zero-order valence-corrected chi connectivity index (χ0v) is 9.74. The van der Waals surface area contributed by atoms with Crippen LogP contribution >= 0.6 is 0 Å². The van der Waals surface area contributed by atoms with Crippen LogP contribution in [-0.4, -0.2) is 63.1 Å². The second-order valence-electron chi connectivity index (χ2n) is 4.23. The molecule has 0 radical (unpaired) electrons. The number of rotatable bonds is 7. The van der Waals surface area contributed by atoms with Crippen molar-refractivity contribution >= 4 is 0 Å². The normalized spacial score (nSPS) is 23.2. The molecule has 1 heterocycles. The Kier molecular flexibility index (Phi) is 6.92.